The molecule has 1 N–H and O–H groups in total. The van der Waals surface area contributed by atoms with E-state index in [9.17, 15) is 15.2 Å². The largest absolute Gasteiger partial charge is 0.418 e. The lowest BCUT2D eigenvalue weighted by atomic mass is 10.00. The molecule has 0 radical (unpaired) electrons. The molecule has 11 nitrogen and oxygen atoms in total. The summed E-state index contributed by atoms with van der Waals surface area (Å²) < 4.78 is 8.54. The van der Waals surface area contributed by atoms with Gasteiger partial charge in [-0.3, -0.25) is 4.68 Å². The van der Waals surface area contributed by atoms with Gasteiger partial charge in [-0.25, -0.2) is 14.3 Å². The number of carbonyl (C=O) groups excluding carboxylic acids is 1. The molecular weight excluding hydrogens is 472 g/mol. The zero-order valence-corrected chi connectivity index (χ0v) is 21.2. The molecule has 1 saturated heterocycles. The SMILES string of the molecule is Cc1cc(-c2cc(-c3cnn(C)c3)cn3ncc(C#N)c23)cnc1N1CCN(C(=O)OC(C)(C)O)CC1. The predicted octanol–water partition coefficient (Wildman–Crippen LogP) is 2.96. The van der Waals surface area contributed by atoms with Crippen LogP contribution in [0.3, 0.4) is 0 Å². The van der Waals surface area contributed by atoms with Crippen LogP contribution in [0.25, 0.3) is 27.8 Å². The minimum absolute atomic E-state index is 0.465. The summed E-state index contributed by atoms with van der Waals surface area (Å²) in [6.45, 7) is 6.98. The number of amides is 1. The Balaban J connectivity index is 1.44. The van der Waals surface area contributed by atoms with Crippen LogP contribution in [-0.2, 0) is 11.8 Å². The fraction of sp³-hybridized carbons (Fsp3) is 0.346. The molecule has 1 fully saturated rings. The van der Waals surface area contributed by atoms with E-state index in [0.717, 1.165) is 39.2 Å². The second-order valence-corrected chi connectivity index (χ2v) is 9.66. The summed E-state index contributed by atoms with van der Waals surface area (Å²) in [5.74, 6) is -0.671. The number of rotatable bonds is 4. The van der Waals surface area contributed by atoms with Crippen molar-refractivity contribution in [2.24, 2.45) is 7.05 Å². The standard InChI is InChI=1S/C26H28N8O3/c1-17-9-18(12-28-24(17)32-5-7-33(8-6-32)25(35)37-26(2,3)36)22-10-19(21-14-29-31(4)15-21)16-34-23(22)20(11-27)13-30-34/h9-10,12-16,36H,5-8H2,1-4H3. The summed E-state index contributed by atoms with van der Waals surface area (Å²) in [4.78, 5) is 20.8. The number of fused-ring (bicyclic) bond motifs is 1. The van der Waals surface area contributed by atoms with E-state index in [2.05, 4.69) is 27.2 Å². The van der Waals surface area contributed by atoms with Crippen molar-refractivity contribution in [2.45, 2.75) is 26.6 Å². The van der Waals surface area contributed by atoms with Gasteiger partial charge >= 0.3 is 6.09 Å². The van der Waals surface area contributed by atoms with Crippen LogP contribution in [-0.4, -0.2) is 72.4 Å². The van der Waals surface area contributed by atoms with Crippen molar-refractivity contribution in [1.82, 2.24) is 29.3 Å². The molecule has 0 saturated carbocycles. The quantitative estimate of drug-likeness (QED) is 0.424. The Morgan fingerprint density at radius 1 is 1.05 bits per heavy atom. The van der Waals surface area contributed by atoms with E-state index in [4.69, 9.17) is 9.72 Å². The van der Waals surface area contributed by atoms with Gasteiger partial charge in [-0.05, 0) is 24.6 Å². The van der Waals surface area contributed by atoms with Gasteiger partial charge in [-0.15, -0.1) is 0 Å². The zero-order chi connectivity index (χ0) is 26.3. The first-order chi connectivity index (χ1) is 17.6. The van der Waals surface area contributed by atoms with Crippen molar-refractivity contribution in [3.63, 3.8) is 0 Å². The van der Waals surface area contributed by atoms with Crippen molar-refractivity contribution in [1.29, 1.82) is 5.26 Å². The summed E-state index contributed by atoms with van der Waals surface area (Å²) >= 11 is 0. The highest BCUT2D eigenvalue weighted by molar-refractivity contribution is 5.87. The minimum atomic E-state index is -1.51. The van der Waals surface area contributed by atoms with Crippen LogP contribution in [0, 0.1) is 18.3 Å². The predicted molar refractivity (Wildman–Crippen MR) is 137 cm³/mol. The molecule has 0 spiro atoms. The van der Waals surface area contributed by atoms with E-state index < -0.39 is 11.9 Å². The van der Waals surface area contributed by atoms with Gasteiger partial charge in [0.15, 0.2) is 0 Å². The first kappa shape index (κ1) is 24.3. The summed E-state index contributed by atoms with van der Waals surface area (Å²) in [6, 6.07) is 6.34. The topological polar surface area (TPSA) is 125 Å². The van der Waals surface area contributed by atoms with Crippen LogP contribution >= 0.6 is 0 Å². The van der Waals surface area contributed by atoms with Gasteiger partial charge in [-0.2, -0.15) is 15.5 Å². The number of aryl methyl sites for hydroxylation is 2. The van der Waals surface area contributed by atoms with Crippen molar-refractivity contribution >= 4 is 17.4 Å². The molecule has 4 aromatic rings. The molecule has 0 bridgehead atoms. The molecule has 37 heavy (non-hydrogen) atoms. The number of hydrogen-bond donors (Lipinski definition) is 1. The van der Waals surface area contributed by atoms with E-state index in [1.165, 1.54) is 13.8 Å². The third kappa shape index (κ3) is 4.83. The smallest absolute Gasteiger partial charge is 0.412 e. The number of nitrogens with zero attached hydrogens (tertiary/aromatic N) is 8. The maximum absolute atomic E-state index is 12.3. The van der Waals surface area contributed by atoms with Gasteiger partial charge in [0.25, 0.3) is 0 Å². The molecule has 190 valence electrons. The molecule has 11 heteroatoms. The summed E-state index contributed by atoms with van der Waals surface area (Å²) in [7, 11) is 1.87. The lowest BCUT2D eigenvalue weighted by Crippen LogP contribution is -2.50. The summed E-state index contributed by atoms with van der Waals surface area (Å²) in [5.41, 5.74) is 5.80. The first-order valence-corrected chi connectivity index (χ1v) is 12.0. The van der Waals surface area contributed by atoms with Gasteiger partial charge < -0.3 is 19.6 Å². The summed E-state index contributed by atoms with van der Waals surface area (Å²) in [5, 5.41) is 28.1. The second-order valence-electron chi connectivity index (χ2n) is 9.66. The molecule has 4 aromatic heterocycles. The van der Waals surface area contributed by atoms with Crippen LogP contribution < -0.4 is 4.90 Å². The number of hydrogen-bond acceptors (Lipinski definition) is 8. The Hall–Kier alpha value is -4.43. The molecule has 5 rings (SSSR count). The third-order valence-corrected chi connectivity index (χ3v) is 6.31. The van der Waals surface area contributed by atoms with Gasteiger partial charge in [0.1, 0.15) is 11.9 Å². The monoisotopic (exact) mass is 500 g/mol. The number of aromatic nitrogens is 5. The van der Waals surface area contributed by atoms with Crippen LogP contribution in [0.4, 0.5) is 10.6 Å². The van der Waals surface area contributed by atoms with Crippen molar-refractivity contribution in [3.05, 3.63) is 54.2 Å². The maximum Gasteiger partial charge on any atom is 0.412 e. The average Bonchev–Trinajstić information content (AvgIpc) is 3.48. The molecule has 1 aliphatic heterocycles. The number of carbonyl (C=O) groups is 1. The lowest BCUT2D eigenvalue weighted by Gasteiger charge is -2.36. The summed E-state index contributed by atoms with van der Waals surface area (Å²) in [6.07, 6.45) is 8.48. The van der Waals surface area contributed by atoms with Crippen molar-refractivity contribution < 1.29 is 14.6 Å². The van der Waals surface area contributed by atoms with Crippen LogP contribution in [0.15, 0.2) is 43.1 Å². The van der Waals surface area contributed by atoms with Gasteiger partial charge in [-0.1, -0.05) is 0 Å². The van der Waals surface area contributed by atoms with Crippen LogP contribution in [0.5, 0.6) is 0 Å². The highest BCUT2D eigenvalue weighted by Crippen LogP contribution is 2.33. The number of ether oxygens (including phenoxy) is 1. The normalized spacial score (nSPS) is 14.2. The lowest BCUT2D eigenvalue weighted by molar-refractivity contribution is -0.139. The second kappa shape index (κ2) is 9.22. The fourth-order valence-electron chi connectivity index (χ4n) is 4.58. The molecule has 1 aliphatic rings. The Labute approximate surface area is 214 Å². The Kier molecular flexibility index (Phi) is 6.05. The molecule has 0 unspecified atom stereocenters. The van der Waals surface area contributed by atoms with Crippen molar-refractivity contribution in [2.75, 3.05) is 31.1 Å². The van der Waals surface area contributed by atoms with E-state index in [1.807, 2.05) is 38.6 Å². The number of nitriles is 1. The van der Waals surface area contributed by atoms with Crippen molar-refractivity contribution in [3.8, 4) is 28.3 Å². The van der Waals surface area contributed by atoms with Gasteiger partial charge in [0, 0.05) is 87.9 Å². The van der Waals surface area contributed by atoms with E-state index >= 15 is 0 Å². The molecule has 0 atom stereocenters. The Bertz CT molecular complexity index is 1520. The third-order valence-electron chi connectivity index (χ3n) is 6.31. The van der Waals surface area contributed by atoms with Crippen LogP contribution in [0.1, 0.15) is 25.0 Å². The minimum Gasteiger partial charge on any atom is -0.418 e. The highest BCUT2D eigenvalue weighted by atomic mass is 16.7. The average molecular weight is 501 g/mol. The number of piperazine rings is 1. The Morgan fingerprint density at radius 3 is 2.43 bits per heavy atom. The maximum atomic E-state index is 12.3. The van der Waals surface area contributed by atoms with Crippen LogP contribution in [0.2, 0.25) is 0 Å². The molecule has 5 heterocycles. The number of anilines is 1. The zero-order valence-electron chi connectivity index (χ0n) is 21.2. The van der Waals surface area contributed by atoms with E-state index in [0.29, 0.717) is 31.7 Å². The van der Waals surface area contributed by atoms with Gasteiger partial charge in [0.2, 0.25) is 5.79 Å². The number of aliphatic hydroxyl groups is 1. The highest BCUT2D eigenvalue weighted by Gasteiger charge is 2.28. The number of pyridine rings is 2. The molecule has 1 amide bonds. The first-order valence-electron chi connectivity index (χ1n) is 12.0. The molecular formula is C26H28N8O3. The molecule has 0 aromatic carbocycles. The fourth-order valence-corrected chi connectivity index (χ4v) is 4.58. The van der Waals surface area contributed by atoms with E-state index in [-0.39, 0.29) is 0 Å². The van der Waals surface area contributed by atoms with Gasteiger partial charge in [0.05, 0.1) is 23.5 Å². The Morgan fingerprint density at radius 2 is 1.81 bits per heavy atom. The van der Waals surface area contributed by atoms with E-state index in [1.54, 1.807) is 26.5 Å². The molecule has 0 aliphatic carbocycles.